The smallest absolute Gasteiger partial charge is 0.252 e. The molecule has 1 saturated heterocycles. The molecule has 3 aromatic heterocycles. The number of nitrogens with zero attached hydrogens (tertiary/aromatic N) is 4. The number of carbonyl (C=O) groups excluding carboxylic acids is 1. The molecule has 5 aromatic rings. The van der Waals surface area contributed by atoms with Crippen LogP contribution in [-0.4, -0.2) is 60.0 Å². The molecule has 2 aromatic carbocycles. The number of piperazine rings is 1. The highest BCUT2D eigenvalue weighted by Crippen LogP contribution is 2.32. The number of benzene rings is 2. The molecule has 6 rings (SSSR count). The number of hydrogen-bond donors (Lipinski definition) is 1. The first-order valence-corrected chi connectivity index (χ1v) is 14.3. The lowest BCUT2D eigenvalue weighted by atomic mass is 10.1. The van der Waals surface area contributed by atoms with E-state index >= 15 is 0 Å². The number of aromatic nitrogens is 2. The van der Waals surface area contributed by atoms with Gasteiger partial charge in [0.2, 0.25) is 0 Å². The SMILES string of the molecule is Cc1cc(C)c2nc(N3CCN(CCNC(=O)c4cc(-c5cccs5)nc5ccccc45)CC3)sc2c1.Cl. The summed E-state index contributed by atoms with van der Waals surface area (Å²) in [6.07, 6.45) is 0. The zero-order chi connectivity index (χ0) is 25.4. The number of amides is 1. The number of fused-ring (bicyclic) bond motifs is 2. The molecule has 0 spiro atoms. The van der Waals surface area contributed by atoms with E-state index in [0.717, 1.165) is 64.8 Å². The predicted molar refractivity (Wildman–Crippen MR) is 162 cm³/mol. The van der Waals surface area contributed by atoms with Gasteiger partial charge in [0.25, 0.3) is 5.91 Å². The molecule has 9 heteroatoms. The second kappa shape index (κ2) is 11.4. The number of aryl methyl sites for hydroxylation is 2. The molecular weight excluding hydrogens is 534 g/mol. The van der Waals surface area contributed by atoms with E-state index in [1.165, 1.54) is 15.8 Å². The maximum absolute atomic E-state index is 13.2. The lowest BCUT2D eigenvalue weighted by Crippen LogP contribution is -2.48. The van der Waals surface area contributed by atoms with Crippen molar-refractivity contribution < 1.29 is 4.79 Å². The van der Waals surface area contributed by atoms with Crippen LogP contribution in [0, 0.1) is 13.8 Å². The van der Waals surface area contributed by atoms with Crippen molar-refractivity contribution in [3.8, 4) is 10.6 Å². The highest BCUT2D eigenvalue weighted by Gasteiger charge is 2.21. The Kier molecular flexibility index (Phi) is 7.95. The highest BCUT2D eigenvalue weighted by atomic mass is 35.5. The Morgan fingerprint density at radius 2 is 1.82 bits per heavy atom. The van der Waals surface area contributed by atoms with E-state index in [1.54, 1.807) is 22.7 Å². The third kappa shape index (κ3) is 5.40. The minimum absolute atomic E-state index is 0. The van der Waals surface area contributed by atoms with E-state index in [1.807, 2.05) is 47.8 Å². The van der Waals surface area contributed by atoms with Gasteiger partial charge in [-0.1, -0.05) is 41.7 Å². The maximum Gasteiger partial charge on any atom is 0.252 e. The average Bonchev–Trinajstić information content (AvgIpc) is 3.59. The summed E-state index contributed by atoms with van der Waals surface area (Å²) in [5, 5.41) is 7.18. The fraction of sp³-hybridized carbons (Fsp3) is 0.276. The lowest BCUT2D eigenvalue weighted by molar-refractivity contribution is 0.0949. The third-order valence-corrected chi connectivity index (χ3v) is 8.86. The van der Waals surface area contributed by atoms with Gasteiger partial charge in [0.1, 0.15) is 0 Å². The lowest BCUT2D eigenvalue weighted by Gasteiger charge is -2.34. The summed E-state index contributed by atoms with van der Waals surface area (Å²) in [4.78, 5) is 28.8. The van der Waals surface area contributed by atoms with E-state index in [0.29, 0.717) is 12.1 Å². The average molecular weight is 564 g/mol. The molecule has 38 heavy (non-hydrogen) atoms. The Balaban J connectivity index is 0.00000294. The predicted octanol–water partition coefficient (Wildman–Crippen LogP) is 6.16. The Labute approximate surface area is 236 Å². The Morgan fingerprint density at radius 1 is 1.00 bits per heavy atom. The van der Waals surface area contributed by atoms with Crippen molar-refractivity contribution in [1.29, 1.82) is 0 Å². The van der Waals surface area contributed by atoms with Gasteiger partial charge in [0.15, 0.2) is 5.13 Å². The maximum atomic E-state index is 13.2. The second-order valence-corrected chi connectivity index (χ2v) is 11.5. The van der Waals surface area contributed by atoms with Crippen LogP contribution in [0.4, 0.5) is 5.13 Å². The molecule has 1 aliphatic rings. The van der Waals surface area contributed by atoms with Gasteiger partial charge in [-0.25, -0.2) is 9.97 Å². The third-order valence-electron chi connectivity index (χ3n) is 6.91. The van der Waals surface area contributed by atoms with Gasteiger partial charge >= 0.3 is 0 Å². The Morgan fingerprint density at radius 3 is 2.61 bits per heavy atom. The van der Waals surface area contributed by atoms with Gasteiger partial charge in [0, 0.05) is 44.7 Å². The van der Waals surface area contributed by atoms with E-state index in [4.69, 9.17) is 9.97 Å². The van der Waals surface area contributed by atoms with Crippen molar-refractivity contribution >= 4 is 67.2 Å². The van der Waals surface area contributed by atoms with Gasteiger partial charge in [-0.15, -0.1) is 23.7 Å². The van der Waals surface area contributed by atoms with E-state index < -0.39 is 0 Å². The van der Waals surface area contributed by atoms with Crippen LogP contribution in [0.2, 0.25) is 0 Å². The van der Waals surface area contributed by atoms with Gasteiger partial charge in [-0.05, 0) is 54.6 Å². The first-order valence-electron chi connectivity index (χ1n) is 12.6. The summed E-state index contributed by atoms with van der Waals surface area (Å²) in [5.41, 5.74) is 6.03. The van der Waals surface area contributed by atoms with Gasteiger partial charge in [-0.2, -0.15) is 0 Å². The largest absolute Gasteiger partial charge is 0.351 e. The molecule has 0 radical (unpaired) electrons. The number of nitrogens with one attached hydrogen (secondary N) is 1. The number of hydrogen-bond acceptors (Lipinski definition) is 7. The minimum Gasteiger partial charge on any atom is -0.351 e. The number of halogens is 1. The number of pyridine rings is 1. The summed E-state index contributed by atoms with van der Waals surface area (Å²) in [6, 6.07) is 18.3. The zero-order valence-corrected chi connectivity index (χ0v) is 23.9. The highest BCUT2D eigenvalue weighted by molar-refractivity contribution is 7.22. The quantitative estimate of drug-likeness (QED) is 0.268. The number of para-hydroxylation sites is 1. The molecule has 0 bridgehead atoms. The van der Waals surface area contributed by atoms with Crippen LogP contribution in [0.5, 0.6) is 0 Å². The molecule has 0 aliphatic carbocycles. The van der Waals surface area contributed by atoms with E-state index in [2.05, 4.69) is 41.1 Å². The molecule has 6 nitrogen and oxygen atoms in total. The number of thiazole rings is 1. The fourth-order valence-corrected chi connectivity index (χ4v) is 6.87. The van der Waals surface area contributed by atoms with Crippen LogP contribution in [0.25, 0.3) is 31.7 Å². The number of rotatable bonds is 6. The van der Waals surface area contributed by atoms with Crippen LogP contribution in [0.3, 0.4) is 0 Å². The summed E-state index contributed by atoms with van der Waals surface area (Å²) < 4.78 is 1.27. The second-order valence-electron chi connectivity index (χ2n) is 9.56. The zero-order valence-electron chi connectivity index (χ0n) is 21.4. The van der Waals surface area contributed by atoms with Crippen LogP contribution in [-0.2, 0) is 0 Å². The molecule has 0 atom stereocenters. The minimum atomic E-state index is -0.0461. The molecular formula is C29H30ClN5OS2. The number of anilines is 1. The van der Waals surface area contributed by atoms with E-state index in [9.17, 15) is 4.79 Å². The Hall–Kier alpha value is -3.04. The van der Waals surface area contributed by atoms with Crippen molar-refractivity contribution in [2.75, 3.05) is 44.2 Å². The molecule has 1 aliphatic heterocycles. The van der Waals surface area contributed by atoms with Crippen LogP contribution >= 0.6 is 35.1 Å². The standard InChI is InChI=1S/C29H29N5OS2.ClH/c1-19-16-20(2)27-26(17-19)37-29(32-27)34-13-11-33(12-14-34)10-9-30-28(35)22-18-24(25-8-5-15-36-25)31-23-7-4-3-6-21(22)23;/h3-8,15-18H,9-14H2,1-2H3,(H,30,35);1H. The number of thiophene rings is 1. The fourth-order valence-electron chi connectivity index (χ4n) is 4.99. The normalized spacial score (nSPS) is 14.1. The van der Waals surface area contributed by atoms with Gasteiger partial charge < -0.3 is 10.2 Å². The molecule has 1 amide bonds. The van der Waals surface area contributed by atoms with Crippen molar-refractivity contribution in [3.63, 3.8) is 0 Å². The van der Waals surface area contributed by atoms with Crippen molar-refractivity contribution in [3.05, 3.63) is 76.7 Å². The van der Waals surface area contributed by atoms with Crippen LogP contribution in [0.1, 0.15) is 21.5 Å². The van der Waals surface area contributed by atoms with Crippen LogP contribution in [0.15, 0.2) is 60.0 Å². The summed E-state index contributed by atoms with van der Waals surface area (Å²) >= 11 is 3.42. The van der Waals surface area contributed by atoms with Gasteiger partial charge in [0.05, 0.1) is 31.9 Å². The van der Waals surface area contributed by atoms with E-state index in [-0.39, 0.29) is 18.3 Å². The molecule has 0 unspecified atom stereocenters. The number of carbonyl (C=O) groups is 1. The molecule has 4 heterocycles. The molecule has 0 saturated carbocycles. The van der Waals surface area contributed by atoms with Crippen molar-refractivity contribution in [2.24, 2.45) is 0 Å². The summed E-state index contributed by atoms with van der Waals surface area (Å²) in [7, 11) is 0. The summed E-state index contributed by atoms with van der Waals surface area (Å²) in [5.74, 6) is -0.0461. The topological polar surface area (TPSA) is 61.4 Å². The Bertz CT molecular complexity index is 1580. The monoisotopic (exact) mass is 563 g/mol. The van der Waals surface area contributed by atoms with Gasteiger partial charge in [-0.3, -0.25) is 9.69 Å². The molecule has 1 N–H and O–H groups in total. The summed E-state index contributed by atoms with van der Waals surface area (Å²) in [6.45, 7) is 9.55. The van der Waals surface area contributed by atoms with Crippen molar-refractivity contribution in [2.45, 2.75) is 13.8 Å². The molecule has 1 fully saturated rings. The molecule has 196 valence electrons. The first kappa shape index (κ1) is 26.6. The first-order chi connectivity index (χ1) is 18.0. The van der Waals surface area contributed by atoms with Crippen LogP contribution < -0.4 is 10.2 Å². The van der Waals surface area contributed by atoms with Crippen molar-refractivity contribution in [1.82, 2.24) is 20.2 Å².